The molecule has 1 heterocycles. The van der Waals surface area contributed by atoms with Gasteiger partial charge in [0.1, 0.15) is 12.6 Å². The number of hydrogen-bond acceptors (Lipinski definition) is 3. The van der Waals surface area contributed by atoms with Gasteiger partial charge in [0.25, 0.3) is 0 Å². The van der Waals surface area contributed by atoms with Gasteiger partial charge in [0.15, 0.2) is 0 Å². The van der Waals surface area contributed by atoms with E-state index in [0.29, 0.717) is 13.0 Å². The van der Waals surface area contributed by atoms with Gasteiger partial charge in [-0.2, -0.15) is 0 Å². The van der Waals surface area contributed by atoms with Gasteiger partial charge in [0.2, 0.25) is 11.8 Å². The first-order valence-electron chi connectivity index (χ1n) is 7.33. The third kappa shape index (κ3) is 4.86. The lowest BCUT2D eigenvalue weighted by molar-refractivity contribution is -0.136. The lowest BCUT2D eigenvalue weighted by Gasteiger charge is -2.20. The van der Waals surface area contributed by atoms with Crippen LogP contribution in [0.15, 0.2) is 30.3 Å². The summed E-state index contributed by atoms with van der Waals surface area (Å²) in [4.78, 5) is 25.6. The molecular formula is C16H22N2O3. The maximum absolute atomic E-state index is 12.0. The average molecular weight is 290 g/mol. The van der Waals surface area contributed by atoms with Crippen LogP contribution < -0.4 is 5.32 Å². The minimum atomic E-state index is -0.412. The number of nitrogens with one attached hydrogen (secondary N) is 1. The number of carbonyl (C=O) groups excluding carboxylic acids is 2. The summed E-state index contributed by atoms with van der Waals surface area (Å²) in [6.07, 6.45) is 2.64. The van der Waals surface area contributed by atoms with Crippen LogP contribution in [0.2, 0.25) is 0 Å². The van der Waals surface area contributed by atoms with Gasteiger partial charge in [-0.05, 0) is 24.8 Å². The van der Waals surface area contributed by atoms with Crippen LogP contribution in [-0.4, -0.2) is 43.0 Å². The maximum atomic E-state index is 12.0. The van der Waals surface area contributed by atoms with E-state index in [1.165, 1.54) is 0 Å². The molecule has 1 unspecified atom stereocenters. The highest BCUT2D eigenvalue weighted by Gasteiger charge is 2.25. The number of rotatable bonds is 5. The number of likely N-dealkylation sites (N-methyl/N-ethyl adjacent to an activating group) is 1. The molecule has 0 aliphatic carbocycles. The predicted molar refractivity (Wildman–Crippen MR) is 79.5 cm³/mol. The van der Waals surface area contributed by atoms with E-state index in [4.69, 9.17) is 4.74 Å². The van der Waals surface area contributed by atoms with Crippen molar-refractivity contribution in [3.63, 3.8) is 0 Å². The second-order valence-corrected chi connectivity index (χ2v) is 5.35. The van der Waals surface area contributed by atoms with Gasteiger partial charge in [-0.25, -0.2) is 0 Å². The molecule has 1 aromatic rings. The van der Waals surface area contributed by atoms with E-state index in [1.807, 2.05) is 30.3 Å². The zero-order chi connectivity index (χ0) is 15.1. The summed E-state index contributed by atoms with van der Waals surface area (Å²) >= 11 is 0. The van der Waals surface area contributed by atoms with Crippen LogP contribution in [0.1, 0.15) is 24.8 Å². The quantitative estimate of drug-likeness (QED) is 0.890. The molecule has 5 heteroatoms. The number of benzene rings is 1. The number of amides is 2. The summed E-state index contributed by atoms with van der Waals surface area (Å²) in [7, 11) is 1.78. The molecule has 5 nitrogen and oxygen atoms in total. The Hall–Kier alpha value is -1.88. The normalized spacial score (nSPS) is 19.2. The molecule has 1 aromatic carbocycles. The highest BCUT2D eigenvalue weighted by atomic mass is 16.5. The molecule has 1 atom stereocenters. The lowest BCUT2D eigenvalue weighted by Crippen LogP contribution is -2.47. The van der Waals surface area contributed by atoms with Crippen LogP contribution in [0, 0.1) is 0 Å². The van der Waals surface area contributed by atoms with Crippen LogP contribution in [-0.2, 0) is 20.9 Å². The Morgan fingerprint density at radius 2 is 2.10 bits per heavy atom. The van der Waals surface area contributed by atoms with E-state index in [1.54, 1.807) is 11.9 Å². The minimum Gasteiger partial charge on any atom is -0.367 e. The summed E-state index contributed by atoms with van der Waals surface area (Å²) in [5, 5.41) is 2.77. The van der Waals surface area contributed by atoms with Crippen LogP contribution in [0.5, 0.6) is 0 Å². The van der Waals surface area contributed by atoms with Crippen LogP contribution in [0.3, 0.4) is 0 Å². The van der Waals surface area contributed by atoms with E-state index in [2.05, 4.69) is 5.32 Å². The van der Waals surface area contributed by atoms with Crippen molar-refractivity contribution >= 4 is 11.8 Å². The molecule has 0 bridgehead atoms. The molecule has 114 valence electrons. The number of carbonyl (C=O) groups is 2. The molecule has 0 spiro atoms. The van der Waals surface area contributed by atoms with Crippen molar-refractivity contribution in [3.05, 3.63) is 35.9 Å². The fourth-order valence-electron chi connectivity index (χ4n) is 2.40. The Bertz CT molecular complexity index is 476. The molecular weight excluding hydrogens is 268 g/mol. The molecule has 0 radical (unpaired) electrons. The molecule has 0 aromatic heterocycles. The summed E-state index contributed by atoms with van der Waals surface area (Å²) < 4.78 is 5.38. The van der Waals surface area contributed by atoms with E-state index in [0.717, 1.165) is 24.9 Å². The van der Waals surface area contributed by atoms with Gasteiger partial charge >= 0.3 is 0 Å². The van der Waals surface area contributed by atoms with E-state index in [9.17, 15) is 9.59 Å². The first kappa shape index (κ1) is 15.5. The second kappa shape index (κ2) is 7.78. The average Bonchev–Trinajstić information content (AvgIpc) is 2.64. The SMILES string of the molecule is CN1CCCCC(NC(=O)COCc2ccccc2)C1=O. The van der Waals surface area contributed by atoms with Gasteiger partial charge < -0.3 is 15.0 Å². The molecule has 1 aliphatic rings. The van der Waals surface area contributed by atoms with Crippen molar-refractivity contribution in [2.45, 2.75) is 31.9 Å². The minimum absolute atomic E-state index is 0.0103. The van der Waals surface area contributed by atoms with Crippen molar-refractivity contribution < 1.29 is 14.3 Å². The van der Waals surface area contributed by atoms with Crippen molar-refractivity contribution in [2.75, 3.05) is 20.2 Å². The van der Waals surface area contributed by atoms with Gasteiger partial charge in [0, 0.05) is 13.6 Å². The van der Waals surface area contributed by atoms with Crippen LogP contribution in [0.4, 0.5) is 0 Å². The highest BCUT2D eigenvalue weighted by molar-refractivity contribution is 5.88. The Kier molecular flexibility index (Phi) is 5.75. The maximum Gasteiger partial charge on any atom is 0.246 e. The van der Waals surface area contributed by atoms with Crippen molar-refractivity contribution in [3.8, 4) is 0 Å². The Labute approximate surface area is 125 Å². The van der Waals surface area contributed by atoms with Crippen molar-refractivity contribution in [1.82, 2.24) is 10.2 Å². The smallest absolute Gasteiger partial charge is 0.246 e. The number of hydrogen-bond donors (Lipinski definition) is 1. The molecule has 1 saturated heterocycles. The Morgan fingerprint density at radius 1 is 1.33 bits per heavy atom. The monoisotopic (exact) mass is 290 g/mol. The molecule has 0 saturated carbocycles. The summed E-state index contributed by atoms with van der Waals surface area (Å²) in [6.45, 7) is 1.13. The van der Waals surface area contributed by atoms with Crippen molar-refractivity contribution in [1.29, 1.82) is 0 Å². The molecule has 1 aliphatic heterocycles. The lowest BCUT2D eigenvalue weighted by atomic mass is 10.1. The van der Waals surface area contributed by atoms with Gasteiger partial charge in [-0.3, -0.25) is 9.59 Å². The fraction of sp³-hybridized carbons (Fsp3) is 0.500. The largest absolute Gasteiger partial charge is 0.367 e. The Morgan fingerprint density at radius 3 is 2.86 bits per heavy atom. The number of nitrogens with zero attached hydrogens (tertiary/aromatic N) is 1. The standard InChI is InChI=1S/C16H22N2O3/c1-18-10-6-5-9-14(16(18)20)17-15(19)12-21-11-13-7-3-2-4-8-13/h2-4,7-8,14H,5-6,9-12H2,1H3,(H,17,19). The fourth-order valence-corrected chi connectivity index (χ4v) is 2.40. The molecule has 1 N–H and O–H groups in total. The van der Waals surface area contributed by atoms with E-state index in [-0.39, 0.29) is 18.4 Å². The third-order valence-electron chi connectivity index (χ3n) is 3.59. The number of ether oxygens (including phenoxy) is 1. The molecule has 21 heavy (non-hydrogen) atoms. The van der Waals surface area contributed by atoms with E-state index >= 15 is 0 Å². The predicted octanol–water partition coefficient (Wildman–Crippen LogP) is 1.33. The molecule has 2 rings (SSSR count). The summed E-state index contributed by atoms with van der Waals surface area (Å²) in [5.41, 5.74) is 1.02. The number of likely N-dealkylation sites (tertiary alicyclic amines) is 1. The second-order valence-electron chi connectivity index (χ2n) is 5.35. The summed E-state index contributed by atoms with van der Waals surface area (Å²) in [6, 6.07) is 9.27. The first-order chi connectivity index (χ1) is 10.2. The third-order valence-corrected chi connectivity index (χ3v) is 3.59. The van der Waals surface area contributed by atoms with Crippen LogP contribution >= 0.6 is 0 Å². The molecule has 2 amide bonds. The highest BCUT2D eigenvalue weighted by Crippen LogP contribution is 2.10. The first-order valence-corrected chi connectivity index (χ1v) is 7.33. The van der Waals surface area contributed by atoms with E-state index < -0.39 is 6.04 Å². The zero-order valence-electron chi connectivity index (χ0n) is 12.4. The van der Waals surface area contributed by atoms with Crippen molar-refractivity contribution in [2.24, 2.45) is 0 Å². The summed E-state index contributed by atoms with van der Waals surface area (Å²) in [5.74, 6) is -0.247. The molecule has 1 fully saturated rings. The van der Waals surface area contributed by atoms with Gasteiger partial charge in [0.05, 0.1) is 6.61 Å². The van der Waals surface area contributed by atoms with Gasteiger partial charge in [-0.1, -0.05) is 30.3 Å². The Balaban J connectivity index is 1.74. The van der Waals surface area contributed by atoms with Gasteiger partial charge in [-0.15, -0.1) is 0 Å². The topological polar surface area (TPSA) is 58.6 Å². The van der Waals surface area contributed by atoms with Crippen LogP contribution in [0.25, 0.3) is 0 Å². The zero-order valence-corrected chi connectivity index (χ0v) is 12.4.